The van der Waals surface area contributed by atoms with E-state index >= 15 is 0 Å². The fourth-order valence-electron chi connectivity index (χ4n) is 4.00. The summed E-state index contributed by atoms with van der Waals surface area (Å²) in [7, 11) is 1.71. The van der Waals surface area contributed by atoms with Crippen molar-refractivity contribution in [2.24, 2.45) is 11.8 Å². The van der Waals surface area contributed by atoms with Crippen molar-refractivity contribution in [1.29, 1.82) is 0 Å². The SMILES string of the molecule is COCCCNC(=S)Nc1nc(N2CCC(C)CC2)cc(N2CCCC(C)C2)n1. The Labute approximate surface area is 180 Å². The first kappa shape index (κ1) is 22.0. The highest BCUT2D eigenvalue weighted by atomic mass is 32.1. The molecule has 0 saturated carbocycles. The molecule has 7 nitrogen and oxygen atoms in total. The lowest BCUT2D eigenvalue weighted by atomic mass is 9.99. The van der Waals surface area contributed by atoms with E-state index in [4.69, 9.17) is 26.9 Å². The molecule has 29 heavy (non-hydrogen) atoms. The predicted molar refractivity (Wildman–Crippen MR) is 124 cm³/mol. The molecular formula is C21H36N6OS. The second-order valence-electron chi connectivity index (χ2n) is 8.50. The minimum absolute atomic E-state index is 0.559. The first-order chi connectivity index (χ1) is 14.0. The van der Waals surface area contributed by atoms with Gasteiger partial charge in [-0.3, -0.25) is 0 Å². The number of rotatable bonds is 7. The van der Waals surface area contributed by atoms with Gasteiger partial charge in [-0.1, -0.05) is 13.8 Å². The van der Waals surface area contributed by atoms with Crippen LogP contribution in [0.15, 0.2) is 6.07 Å². The van der Waals surface area contributed by atoms with Crippen LogP contribution in [0.5, 0.6) is 0 Å². The fraction of sp³-hybridized carbons (Fsp3) is 0.762. The van der Waals surface area contributed by atoms with Crippen LogP contribution in [0.2, 0.25) is 0 Å². The van der Waals surface area contributed by atoms with Crippen LogP contribution in [0.1, 0.15) is 46.0 Å². The van der Waals surface area contributed by atoms with E-state index in [0.717, 1.165) is 56.7 Å². The maximum absolute atomic E-state index is 5.45. The zero-order valence-electron chi connectivity index (χ0n) is 18.1. The first-order valence-electron chi connectivity index (χ1n) is 11.0. The molecule has 2 fully saturated rings. The minimum Gasteiger partial charge on any atom is -0.385 e. The predicted octanol–water partition coefficient (Wildman–Crippen LogP) is 3.27. The normalized spacial score (nSPS) is 20.6. The number of methoxy groups -OCH3 is 1. The van der Waals surface area contributed by atoms with Crippen molar-refractivity contribution in [3.05, 3.63) is 6.07 Å². The average Bonchev–Trinajstić information content (AvgIpc) is 2.71. The average molecular weight is 421 g/mol. The fourth-order valence-corrected chi connectivity index (χ4v) is 4.19. The summed E-state index contributed by atoms with van der Waals surface area (Å²) >= 11 is 5.45. The summed E-state index contributed by atoms with van der Waals surface area (Å²) in [5.74, 6) is 4.07. The molecule has 2 saturated heterocycles. The third-order valence-electron chi connectivity index (χ3n) is 5.82. The maximum Gasteiger partial charge on any atom is 0.232 e. The van der Waals surface area contributed by atoms with Gasteiger partial charge in [0.05, 0.1) is 0 Å². The zero-order valence-corrected chi connectivity index (χ0v) is 18.9. The summed E-state index contributed by atoms with van der Waals surface area (Å²) in [6, 6.07) is 2.16. The van der Waals surface area contributed by atoms with Crippen molar-refractivity contribution in [3.63, 3.8) is 0 Å². The Morgan fingerprint density at radius 2 is 1.83 bits per heavy atom. The van der Waals surface area contributed by atoms with Gasteiger partial charge in [-0.05, 0) is 56.2 Å². The number of piperidine rings is 2. The first-order valence-corrected chi connectivity index (χ1v) is 11.4. The molecule has 8 heteroatoms. The molecule has 2 N–H and O–H groups in total. The van der Waals surface area contributed by atoms with Crippen LogP contribution in [-0.4, -0.2) is 61.5 Å². The maximum atomic E-state index is 5.45. The Morgan fingerprint density at radius 3 is 2.52 bits per heavy atom. The highest BCUT2D eigenvalue weighted by molar-refractivity contribution is 7.80. The lowest BCUT2D eigenvalue weighted by Crippen LogP contribution is -2.37. The second kappa shape index (κ2) is 10.9. The van der Waals surface area contributed by atoms with Crippen molar-refractivity contribution < 1.29 is 4.74 Å². The Morgan fingerprint density at radius 1 is 1.10 bits per heavy atom. The van der Waals surface area contributed by atoms with Gasteiger partial charge in [-0.2, -0.15) is 9.97 Å². The van der Waals surface area contributed by atoms with Crippen molar-refractivity contribution >= 4 is 34.9 Å². The molecule has 0 aromatic carbocycles. The molecule has 1 unspecified atom stereocenters. The topological polar surface area (TPSA) is 65.6 Å². The molecule has 1 atom stereocenters. The zero-order chi connectivity index (χ0) is 20.6. The molecule has 3 heterocycles. The summed E-state index contributed by atoms with van der Waals surface area (Å²) in [6.07, 6.45) is 5.83. The van der Waals surface area contributed by atoms with Crippen molar-refractivity contribution in [1.82, 2.24) is 15.3 Å². The van der Waals surface area contributed by atoms with Gasteiger partial charge in [0.15, 0.2) is 5.11 Å². The molecule has 1 aromatic rings. The van der Waals surface area contributed by atoms with Gasteiger partial charge in [-0.15, -0.1) is 0 Å². The van der Waals surface area contributed by atoms with E-state index in [1.807, 2.05) is 0 Å². The monoisotopic (exact) mass is 420 g/mol. The highest BCUT2D eigenvalue weighted by Gasteiger charge is 2.22. The Balaban J connectivity index is 1.74. The molecule has 1 aromatic heterocycles. The number of nitrogens with one attached hydrogen (secondary N) is 2. The third kappa shape index (κ3) is 6.67. The van der Waals surface area contributed by atoms with E-state index < -0.39 is 0 Å². The van der Waals surface area contributed by atoms with Gasteiger partial charge in [0.2, 0.25) is 5.95 Å². The molecule has 0 bridgehead atoms. The van der Waals surface area contributed by atoms with E-state index in [9.17, 15) is 0 Å². The summed E-state index contributed by atoms with van der Waals surface area (Å²) in [5.41, 5.74) is 0. The van der Waals surface area contributed by atoms with E-state index in [1.54, 1.807) is 7.11 Å². The Hall–Kier alpha value is -1.67. The number of nitrogens with zero attached hydrogens (tertiary/aromatic N) is 4. The van der Waals surface area contributed by atoms with E-state index in [-0.39, 0.29) is 0 Å². The molecule has 162 valence electrons. The van der Waals surface area contributed by atoms with Gasteiger partial charge >= 0.3 is 0 Å². The van der Waals surface area contributed by atoms with Crippen LogP contribution in [0.4, 0.5) is 17.6 Å². The van der Waals surface area contributed by atoms with Crippen LogP contribution in [0.3, 0.4) is 0 Å². The van der Waals surface area contributed by atoms with Crippen molar-refractivity contribution in [3.8, 4) is 0 Å². The Bertz CT molecular complexity index is 665. The van der Waals surface area contributed by atoms with Gasteiger partial charge in [0, 0.05) is 52.5 Å². The molecule has 0 spiro atoms. The Kier molecular flexibility index (Phi) is 8.29. The third-order valence-corrected chi connectivity index (χ3v) is 6.07. The number of thiocarbonyl (C=S) groups is 1. The number of ether oxygens (including phenoxy) is 1. The molecule has 0 aliphatic carbocycles. The molecule has 0 amide bonds. The second-order valence-corrected chi connectivity index (χ2v) is 8.91. The van der Waals surface area contributed by atoms with Gasteiger partial charge in [-0.25, -0.2) is 0 Å². The quantitative estimate of drug-likeness (QED) is 0.515. The van der Waals surface area contributed by atoms with Crippen LogP contribution >= 0.6 is 12.2 Å². The number of anilines is 3. The minimum atomic E-state index is 0.559. The molecule has 0 radical (unpaired) electrons. The van der Waals surface area contributed by atoms with Crippen molar-refractivity contribution in [2.45, 2.75) is 46.0 Å². The van der Waals surface area contributed by atoms with Crippen LogP contribution in [0.25, 0.3) is 0 Å². The molecule has 2 aliphatic heterocycles. The van der Waals surface area contributed by atoms with Gasteiger partial charge < -0.3 is 25.2 Å². The van der Waals surface area contributed by atoms with E-state index in [1.165, 1.54) is 25.7 Å². The van der Waals surface area contributed by atoms with Crippen LogP contribution < -0.4 is 20.4 Å². The lowest BCUT2D eigenvalue weighted by molar-refractivity contribution is 0.196. The number of aromatic nitrogens is 2. The van der Waals surface area contributed by atoms with Gasteiger partial charge in [0.1, 0.15) is 11.6 Å². The molecular weight excluding hydrogens is 384 g/mol. The van der Waals surface area contributed by atoms with Crippen LogP contribution in [-0.2, 0) is 4.74 Å². The standard InChI is InChI=1S/C21H36N6OS/c1-16-7-11-26(12-8-16)18-14-19(27-10-4-6-17(2)15-27)24-20(23-18)25-21(29)22-9-5-13-28-3/h14,16-17H,4-13,15H2,1-3H3,(H2,22,23,24,25,29). The van der Waals surface area contributed by atoms with Gasteiger partial charge in [0.25, 0.3) is 0 Å². The van der Waals surface area contributed by atoms with Crippen molar-refractivity contribution in [2.75, 3.05) is 61.6 Å². The highest BCUT2D eigenvalue weighted by Crippen LogP contribution is 2.28. The van der Waals surface area contributed by atoms with E-state index in [2.05, 4.69) is 40.3 Å². The smallest absolute Gasteiger partial charge is 0.232 e. The number of hydrogen-bond acceptors (Lipinski definition) is 6. The number of hydrogen-bond donors (Lipinski definition) is 2. The summed E-state index contributed by atoms with van der Waals surface area (Å²) < 4.78 is 5.08. The molecule has 2 aliphatic rings. The van der Waals surface area contributed by atoms with E-state index in [0.29, 0.717) is 23.6 Å². The largest absolute Gasteiger partial charge is 0.385 e. The van der Waals surface area contributed by atoms with Crippen LogP contribution in [0, 0.1) is 11.8 Å². The molecule has 3 rings (SSSR count). The summed E-state index contributed by atoms with van der Waals surface area (Å²) in [5, 5.41) is 6.97. The lowest BCUT2D eigenvalue weighted by Gasteiger charge is -2.34. The summed E-state index contributed by atoms with van der Waals surface area (Å²) in [6.45, 7) is 10.3. The summed E-state index contributed by atoms with van der Waals surface area (Å²) in [4.78, 5) is 14.4.